The molecule has 1 heterocycles. The van der Waals surface area contributed by atoms with Crippen molar-refractivity contribution in [3.63, 3.8) is 0 Å². The van der Waals surface area contributed by atoms with Crippen LogP contribution in [-0.2, 0) is 5.60 Å². The predicted octanol–water partition coefficient (Wildman–Crippen LogP) is 2.20. The van der Waals surface area contributed by atoms with Gasteiger partial charge >= 0.3 is 0 Å². The molecule has 5 nitrogen and oxygen atoms in total. The van der Waals surface area contributed by atoms with Gasteiger partial charge in [0, 0.05) is 10.7 Å². The number of carbonyl (C=O) groups excluding carboxylic acids is 1. The van der Waals surface area contributed by atoms with Crippen LogP contribution in [0.25, 0.3) is 0 Å². The van der Waals surface area contributed by atoms with Gasteiger partial charge in [0.25, 0.3) is 5.91 Å². The molecule has 0 saturated heterocycles. The Hall–Kier alpha value is -1.66. The fraction of sp³-hybridized carbons (Fsp3) is 0.286. The summed E-state index contributed by atoms with van der Waals surface area (Å²) in [6.07, 6.45) is 2.01. The molecule has 1 amide bonds. The number of H-pyrrole nitrogens is 1. The molecule has 0 aliphatic carbocycles. The molecule has 1 aromatic carbocycles. The minimum atomic E-state index is -1.09. The van der Waals surface area contributed by atoms with Crippen molar-refractivity contribution < 1.29 is 9.90 Å². The van der Waals surface area contributed by atoms with Crippen molar-refractivity contribution in [3.05, 3.63) is 52.3 Å². The molecule has 0 aliphatic heterocycles. The summed E-state index contributed by atoms with van der Waals surface area (Å²) >= 11 is 3.36. The number of aromatic nitrogens is 2. The van der Waals surface area contributed by atoms with Gasteiger partial charge in [0.1, 0.15) is 11.3 Å². The Morgan fingerprint density at radius 1 is 1.40 bits per heavy atom. The van der Waals surface area contributed by atoms with Crippen LogP contribution in [-0.4, -0.2) is 27.8 Å². The predicted molar refractivity (Wildman–Crippen MR) is 79.3 cm³/mol. The lowest BCUT2D eigenvalue weighted by molar-refractivity contribution is 0.0313. The van der Waals surface area contributed by atoms with Gasteiger partial charge in [0.05, 0.1) is 6.54 Å². The number of amides is 1. The highest BCUT2D eigenvalue weighted by atomic mass is 79.9. The molecule has 0 bridgehead atoms. The average Bonchev–Trinajstić information content (AvgIpc) is 2.99. The zero-order chi connectivity index (χ0) is 14.6. The van der Waals surface area contributed by atoms with E-state index in [4.69, 9.17) is 0 Å². The van der Waals surface area contributed by atoms with E-state index in [-0.39, 0.29) is 12.5 Å². The van der Waals surface area contributed by atoms with Crippen molar-refractivity contribution in [1.82, 2.24) is 15.5 Å². The Bertz CT molecular complexity index is 569. The first kappa shape index (κ1) is 14.7. The first-order chi connectivity index (χ1) is 9.55. The summed E-state index contributed by atoms with van der Waals surface area (Å²) in [5, 5.41) is 19.7. The first-order valence-electron chi connectivity index (χ1n) is 6.31. The maximum atomic E-state index is 11.9. The maximum absolute atomic E-state index is 11.9. The largest absolute Gasteiger partial charge is 0.383 e. The van der Waals surface area contributed by atoms with E-state index in [9.17, 15) is 9.90 Å². The lowest BCUT2D eigenvalue weighted by Gasteiger charge is -2.27. The molecule has 20 heavy (non-hydrogen) atoms. The first-order valence-corrected chi connectivity index (χ1v) is 7.10. The van der Waals surface area contributed by atoms with E-state index in [0.29, 0.717) is 12.1 Å². The Kier molecular flexibility index (Phi) is 4.57. The van der Waals surface area contributed by atoms with Gasteiger partial charge in [-0.15, -0.1) is 0 Å². The topological polar surface area (TPSA) is 78.0 Å². The van der Waals surface area contributed by atoms with Crippen LogP contribution in [0.15, 0.2) is 41.0 Å². The highest BCUT2D eigenvalue weighted by molar-refractivity contribution is 9.10. The lowest BCUT2D eigenvalue weighted by Crippen LogP contribution is -2.40. The van der Waals surface area contributed by atoms with Crippen LogP contribution < -0.4 is 5.32 Å². The number of aliphatic hydroxyl groups is 1. The van der Waals surface area contributed by atoms with Crippen molar-refractivity contribution >= 4 is 21.8 Å². The third kappa shape index (κ3) is 3.26. The summed E-state index contributed by atoms with van der Waals surface area (Å²) in [4.78, 5) is 11.9. The molecule has 1 atom stereocenters. The van der Waals surface area contributed by atoms with E-state index in [1.807, 2.05) is 31.2 Å². The van der Waals surface area contributed by atoms with E-state index in [1.165, 1.54) is 6.20 Å². The summed E-state index contributed by atoms with van der Waals surface area (Å²) in [7, 11) is 0. The van der Waals surface area contributed by atoms with Gasteiger partial charge in [-0.1, -0.05) is 35.0 Å². The molecule has 0 spiro atoms. The second-order valence-corrected chi connectivity index (χ2v) is 5.46. The maximum Gasteiger partial charge on any atom is 0.269 e. The molecule has 0 aliphatic rings. The van der Waals surface area contributed by atoms with E-state index in [2.05, 4.69) is 31.4 Å². The van der Waals surface area contributed by atoms with Gasteiger partial charge in [-0.25, -0.2) is 0 Å². The molecule has 2 rings (SSSR count). The number of hydrogen-bond donors (Lipinski definition) is 3. The second kappa shape index (κ2) is 6.19. The van der Waals surface area contributed by atoms with E-state index >= 15 is 0 Å². The quantitative estimate of drug-likeness (QED) is 0.782. The van der Waals surface area contributed by atoms with Crippen molar-refractivity contribution in [2.75, 3.05) is 6.54 Å². The Labute approximate surface area is 125 Å². The number of benzene rings is 1. The van der Waals surface area contributed by atoms with Crippen molar-refractivity contribution in [1.29, 1.82) is 0 Å². The van der Waals surface area contributed by atoms with E-state index in [0.717, 1.165) is 10.0 Å². The van der Waals surface area contributed by atoms with Crippen LogP contribution in [0.1, 0.15) is 29.4 Å². The van der Waals surface area contributed by atoms with Gasteiger partial charge in [-0.05, 0) is 30.2 Å². The van der Waals surface area contributed by atoms with Gasteiger partial charge < -0.3 is 10.4 Å². The summed E-state index contributed by atoms with van der Waals surface area (Å²) in [5.41, 5.74) is 0.0588. The summed E-state index contributed by atoms with van der Waals surface area (Å²) in [6, 6.07) is 9.01. The summed E-state index contributed by atoms with van der Waals surface area (Å²) in [5.74, 6) is -0.286. The zero-order valence-electron chi connectivity index (χ0n) is 11.1. The molecule has 6 heteroatoms. The van der Waals surface area contributed by atoms with Crippen LogP contribution >= 0.6 is 15.9 Å². The van der Waals surface area contributed by atoms with Crippen LogP contribution in [0, 0.1) is 0 Å². The third-order valence-corrected chi connectivity index (χ3v) is 3.78. The Balaban J connectivity index is 2.08. The van der Waals surface area contributed by atoms with Crippen LogP contribution in [0.4, 0.5) is 0 Å². The Morgan fingerprint density at radius 3 is 2.65 bits per heavy atom. The zero-order valence-corrected chi connectivity index (χ0v) is 12.6. The highest BCUT2D eigenvalue weighted by Crippen LogP contribution is 2.25. The third-order valence-electron chi connectivity index (χ3n) is 3.25. The van der Waals surface area contributed by atoms with Gasteiger partial charge in [-0.2, -0.15) is 5.10 Å². The molecule has 3 N–H and O–H groups in total. The molecular weight excluding hydrogens is 322 g/mol. The molecule has 0 unspecified atom stereocenters. The normalized spacial score (nSPS) is 13.8. The number of aromatic amines is 1. The molecule has 2 aromatic rings. The van der Waals surface area contributed by atoms with Crippen molar-refractivity contribution in [3.8, 4) is 0 Å². The Morgan fingerprint density at radius 2 is 2.10 bits per heavy atom. The van der Waals surface area contributed by atoms with Crippen molar-refractivity contribution in [2.45, 2.75) is 18.9 Å². The molecule has 0 radical (unpaired) electrons. The number of nitrogens with zero attached hydrogens (tertiary/aromatic N) is 1. The molecular formula is C14H16BrN3O2. The molecule has 106 valence electrons. The van der Waals surface area contributed by atoms with E-state index < -0.39 is 5.60 Å². The summed E-state index contributed by atoms with van der Waals surface area (Å²) < 4.78 is 0.946. The van der Waals surface area contributed by atoms with E-state index in [1.54, 1.807) is 6.07 Å². The average molecular weight is 338 g/mol. The minimum absolute atomic E-state index is 0.142. The van der Waals surface area contributed by atoms with Crippen LogP contribution in [0.2, 0.25) is 0 Å². The standard InChI is InChI=1S/C14H16BrN3O2/c1-2-14(20,10-3-5-11(15)6-4-10)9-16-13(19)12-7-8-17-18-12/h3-8,20H,2,9H2,1H3,(H,16,19)(H,17,18)/t14-/m0/s1. The number of nitrogens with one attached hydrogen (secondary N) is 2. The van der Waals surface area contributed by atoms with Crippen molar-refractivity contribution in [2.24, 2.45) is 0 Å². The van der Waals surface area contributed by atoms with Gasteiger partial charge in [0.2, 0.25) is 0 Å². The van der Waals surface area contributed by atoms with Crippen LogP contribution in [0.5, 0.6) is 0 Å². The summed E-state index contributed by atoms with van der Waals surface area (Å²) in [6.45, 7) is 2.02. The highest BCUT2D eigenvalue weighted by Gasteiger charge is 2.28. The monoisotopic (exact) mass is 337 g/mol. The second-order valence-electron chi connectivity index (χ2n) is 4.55. The number of hydrogen-bond acceptors (Lipinski definition) is 3. The molecule has 0 fully saturated rings. The van der Waals surface area contributed by atoms with Gasteiger partial charge in [0.15, 0.2) is 0 Å². The van der Waals surface area contributed by atoms with Crippen LogP contribution in [0.3, 0.4) is 0 Å². The minimum Gasteiger partial charge on any atom is -0.383 e. The SMILES string of the molecule is CC[C@](O)(CNC(=O)c1ccn[nH]1)c1ccc(Br)cc1. The smallest absolute Gasteiger partial charge is 0.269 e. The fourth-order valence-electron chi connectivity index (χ4n) is 1.90. The number of carbonyl (C=O) groups is 1. The molecule has 1 aromatic heterocycles. The number of rotatable bonds is 5. The molecule has 0 saturated carbocycles. The lowest BCUT2D eigenvalue weighted by atomic mass is 9.91. The fourth-order valence-corrected chi connectivity index (χ4v) is 2.16. The van der Waals surface area contributed by atoms with Gasteiger partial charge in [-0.3, -0.25) is 9.89 Å². The number of halogens is 1.